The molecule has 2 spiro atoms. The number of amides is 2. The molecule has 0 bridgehead atoms. The van der Waals surface area contributed by atoms with Crippen LogP contribution in [0.1, 0.15) is 52.4 Å². The van der Waals surface area contributed by atoms with Gasteiger partial charge in [0.1, 0.15) is 23.5 Å². The number of nitrogens with zero attached hydrogens (tertiary/aromatic N) is 4. The minimum atomic E-state index is -0.165. The van der Waals surface area contributed by atoms with Crippen LogP contribution in [0.5, 0.6) is 0 Å². The summed E-state index contributed by atoms with van der Waals surface area (Å²) in [4.78, 5) is 29.5. The first kappa shape index (κ1) is 22.1. The van der Waals surface area contributed by atoms with E-state index in [1.807, 2.05) is 16.8 Å². The summed E-state index contributed by atoms with van der Waals surface area (Å²) >= 11 is 0. The van der Waals surface area contributed by atoms with E-state index in [4.69, 9.17) is 4.74 Å². The maximum absolute atomic E-state index is 12.9. The summed E-state index contributed by atoms with van der Waals surface area (Å²) in [5.41, 5.74) is 0.319. The molecule has 0 aromatic rings. The number of hydrogen-bond acceptors (Lipinski definition) is 5. The second kappa shape index (κ2) is 7.77. The highest BCUT2D eigenvalue weighted by Crippen LogP contribution is 2.51. The molecule has 4 fully saturated rings. The Kier molecular flexibility index (Phi) is 5.71. The molecule has 2 amide bonds. The zero-order valence-electron chi connectivity index (χ0n) is 19.6. The van der Waals surface area contributed by atoms with Crippen LogP contribution in [-0.2, 0) is 9.53 Å². The fourth-order valence-corrected chi connectivity index (χ4v) is 6.58. The van der Waals surface area contributed by atoms with Crippen LogP contribution in [0.2, 0.25) is 0 Å². The first-order valence-corrected chi connectivity index (χ1v) is 11.9. The van der Waals surface area contributed by atoms with E-state index in [9.17, 15) is 9.59 Å². The van der Waals surface area contributed by atoms with Crippen molar-refractivity contribution >= 4 is 35.5 Å². The maximum Gasteiger partial charge on any atom is 0.409 e. The van der Waals surface area contributed by atoms with Crippen LogP contribution in [0.15, 0.2) is 0 Å². The highest BCUT2D eigenvalue weighted by molar-refractivity contribution is 6.59. The normalized spacial score (nSPS) is 32.2. The van der Waals surface area contributed by atoms with Crippen LogP contribution >= 0.6 is 0 Å². The third-order valence-corrected chi connectivity index (χ3v) is 7.99. The third kappa shape index (κ3) is 3.68. The van der Waals surface area contributed by atoms with Gasteiger partial charge < -0.3 is 14.5 Å². The van der Waals surface area contributed by atoms with Crippen molar-refractivity contribution in [1.82, 2.24) is 19.8 Å². The third-order valence-electron chi connectivity index (χ3n) is 7.99. The van der Waals surface area contributed by atoms with Crippen molar-refractivity contribution in [2.24, 2.45) is 5.41 Å². The fraction of sp³-hybridized carbons (Fsp3) is 0.900. The second-order valence-corrected chi connectivity index (χ2v) is 11.0. The van der Waals surface area contributed by atoms with Gasteiger partial charge in [0.05, 0.1) is 12.1 Å². The number of carbonyl (C=O) groups is 2. The van der Waals surface area contributed by atoms with E-state index in [1.54, 1.807) is 0 Å². The highest BCUT2D eigenvalue weighted by Gasteiger charge is 2.56. The maximum atomic E-state index is 12.9. The van der Waals surface area contributed by atoms with Gasteiger partial charge in [-0.2, -0.15) is 0 Å². The van der Waals surface area contributed by atoms with Crippen molar-refractivity contribution in [3.63, 3.8) is 0 Å². The van der Waals surface area contributed by atoms with Gasteiger partial charge in [-0.3, -0.25) is 9.80 Å². The molecule has 0 aromatic carbocycles. The molecule has 1 aliphatic carbocycles. The average molecular weight is 414 g/mol. The minimum absolute atomic E-state index is 0.00508. The van der Waals surface area contributed by atoms with Gasteiger partial charge in [-0.1, -0.05) is 6.92 Å². The van der Waals surface area contributed by atoms with Crippen molar-refractivity contribution in [3.05, 3.63) is 0 Å². The first-order valence-electron chi connectivity index (χ1n) is 11.9. The Balaban J connectivity index is 1.32. The molecule has 1 saturated carbocycles. The quantitative estimate of drug-likeness (QED) is 0.543. The molecule has 10 heteroatoms. The molecule has 164 valence electrons. The van der Waals surface area contributed by atoms with E-state index in [0.29, 0.717) is 24.5 Å². The molecule has 7 nitrogen and oxygen atoms in total. The predicted octanol–water partition coefficient (Wildman–Crippen LogP) is -1.19. The smallest absolute Gasteiger partial charge is 0.409 e. The lowest BCUT2D eigenvalue weighted by atomic mass is 9.49. The van der Waals surface area contributed by atoms with Crippen molar-refractivity contribution < 1.29 is 14.3 Å². The Morgan fingerprint density at radius 2 is 1.80 bits per heavy atom. The van der Waals surface area contributed by atoms with Crippen LogP contribution in [0, 0.1) is 5.41 Å². The van der Waals surface area contributed by atoms with E-state index in [-0.39, 0.29) is 22.8 Å². The molecule has 30 heavy (non-hydrogen) atoms. The van der Waals surface area contributed by atoms with Gasteiger partial charge in [-0.25, -0.2) is 9.80 Å². The number of likely N-dealkylation sites (tertiary alicyclic amines) is 2. The number of carbonyl (C=O) groups excluding carboxylic acids is 2. The molecule has 3 heterocycles. The molecule has 3 saturated heterocycles. The Bertz CT molecular complexity index is 687. The van der Waals surface area contributed by atoms with Crippen molar-refractivity contribution in [3.8, 4) is 0 Å². The average Bonchev–Trinajstić information content (AvgIpc) is 3.21. The standard InChI is InChI=1S/C20H37B3N4O3/c1-3-26-19(13-16(28)27(26)20(21,22)23)6-9-24(10-7-19)15-11-18(12-15)5-8-25(14-18)17(29)30-4-2/h15H,3-14,21-23H2,1-2H3. The Hall–Kier alpha value is -1.15. The topological polar surface area (TPSA) is 56.3 Å². The Morgan fingerprint density at radius 1 is 1.13 bits per heavy atom. The lowest BCUT2D eigenvalue weighted by molar-refractivity contribution is -0.143. The lowest BCUT2D eigenvalue weighted by Gasteiger charge is -2.54. The van der Waals surface area contributed by atoms with Gasteiger partial charge in [0.2, 0.25) is 5.91 Å². The Labute approximate surface area is 184 Å². The van der Waals surface area contributed by atoms with E-state index in [0.717, 1.165) is 52.0 Å². The molecule has 0 aromatic heterocycles. The summed E-state index contributed by atoms with van der Waals surface area (Å²) in [6, 6.07) is 0.635. The predicted molar refractivity (Wildman–Crippen MR) is 124 cm³/mol. The zero-order chi connectivity index (χ0) is 21.7. The summed E-state index contributed by atoms with van der Waals surface area (Å²) in [6.07, 6.45) is 6.15. The van der Waals surface area contributed by atoms with Crippen molar-refractivity contribution in [1.29, 1.82) is 0 Å². The molecule has 0 radical (unpaired) electrons. The highest BCUT2D eigenvalue weighted by atomic mass is 16.6. The van der Waals surface area contributed by atoms with Gasteiger partial charge in [0.15, 0.2) is 0 Å². The molecule has 4 aliphatic rings. The lowest BCUT2D eigenvalue weighted by Crippen LogP contribution is -2.64. The van der Waals surface area contributed by atoms with Gasteiger partial charge in [-0.15, -0.1) is 0 Å². The van der Waals surface area contributed by atoms with Crippen LogP contribution < -0.4 is 0 Å². The number of hydrogen-bond donors (Lipinski definition) is 0. The molecule has 0 N–H and O–H groups in total. The van der Waals surface area contributed by atoms with Gasteiger partial charge in [0, 0.05) is 45.2 Å². The number of hydrazine groups is 1. The van der Waals surface area contributed by atoms with E-state index >= 15 is 0 Å². The van der Waals surface area contributed by atoms with Crippen LogP contribution in [-0.4, -0.2) is 112 Å². The molecule has 3 aliphatic heterocycles. The van der Waals surface area contributed by atoms with E-state index in [1.165, 1.54) is 12.8 Å². The van der Waals surface area contributed by atoms with E-state index in [2.05, 4.69) is 40.4 Å². The van der Waals surface area contributed by atoms with Crippen molar-refractivity contribution in [2.75, 3.05) is 39.3 Å². The van der Waals surface area contributed by atoms with Gasteiger partial charge in [-0.05, 0) is 49.7 Å². The molecule has 0 unspecified atom stereocenters. The van der Waals surface area contributed by atoms with Crippen LogP contribution in [0.3, 0.4) is 0 Å². The SMILES string of the molecule is BC(B)(B)N1C(=O)CC2(CCN(C3CC4(CCN(C(=O)OCC)C4)C3)CC2)N1CC. The number of rotatable bonds is 4. The largest absolute Gasteiger partial charge is 0.450 e. The molecular formula is C20H37B3N4O3. The molecule has 0 atom stereocenters. The number of ether oxygens (including phenoxy) is 1. The van der Waals surface area contributed by atoms with Gasteiger partial charge in [0.25, 0.3) is 0 Å². The monoisotopic (exact) mass is 414 g/mol. The summed E-state index contributed by atoms with van der Waals surface area (Å²) in [7, 11) is 6.41. The van der Waals surface area contributed by atoms with E-state index < -0.39 is 0 Å². The van der Waals surface area contributed by atoms with Crippen molar-refractivity contribution in [2.45, 2.75) is 69.2 Å². The fourth-order valence-electron chi connectivity index (χ4n) is 6.58. The second-order valence-electron chi connectivity index (χ2n) is 11.0. The summed E-state index contributed by atoms with van der Waals surface area (Å²) < 4.78 is 5.19. The summed E-state index contributed by atoms with van der Waals surface area (Å²) in [5.74, 6) is 0.283. The number of piperidine rings is 1. The molecule has 4 rings (SSSR count). The van der Waals surface area contributed by atoms with Gasteiger partial charge >= 0.3 is 6.09 Å². The van der Waals surface area contributed by atoms with Crippen LogP contribution in [0.4, 0.5) is 4.79 Å². The summed E-state index contributed by atoms with van der Waals surface area (Å²) in [6.45, 7) is 9.22. The minimum Gasteiger partial charge on any atom is -0.450 e. The molecular weight excluding hydrogens is 377 g/mol. The Morgan fingerprint density at radius 3 is 2.37 bits per heavy atom. The summed E-state index contributed by atoms with van der Waals surface area (Å²) in [5, 5.41) is 4.24. The zero-order valence-corrected chi connectivity index (χ0v) is 19.6. The first-order chi connectivity index (χ1) is 14.1. The van der Waals surface area contributed by atoms with Crippen LogP contribution in [0.25, 0.3) is 0 Å².